The van der Waals surface area contributed by atoms with Gasteiger partial charge in [-0.25, -0.2) is 8.42 Å². The SMILES string of the molecule is CS(=O)(=O)C1(Cl)C=CC=CC1C(=O)O. The van der Waals surface area contributed by atoms with E-state index in [0.29, 0.717) is 0 Å². The largest absolute Gasteiger partial charge is 0.481 e. The molecule has 1 aliphatic carbocycles. The quantitative estimate of drug-likeness (QED) is 0.720. The van der Waals surface area contributed by atoms with Crippen LogP contribution in [0.1, 0.15) is 0 Å². The molecule has 0 amide bonds. The number of halogens is 1. The van der Waals surface area contributed by atoms with Crippen LogP contribution < -0.4 is 0 Å². The van der Waals surface area contributed by atoms with Crippen molar-refractivity contribution in [3.8, 4) is 0 Å². The van der Waals surface area contributed by atoms with E-state index < -0.39 is 25.9 Å². The first-order valence-corrected chi connectivity index (χ1v) is 6.03. The van der Waals surface area contributed by atoms with E-state index in [1.165, 1.54) is 24.3 Å². The number of hydrogen-bond donors (Lipinski definition) is 1. The maximum atomic E-state index is 11.3. The highest BCUT2D eigenvalue weighted by Gasteiger charge is 2.47. The smallest absolute Gasteiger partial charge is 0.313 e. The normalized spacial score (nSPS) is 31.7. The monoisotopic (exact) mass is 236 g/mol. The van der Waals surface area contributed by atoms with E-state index in [0.717, 1.165) is 6.26 Å². The Balaban J connectivity index is 3.27. The van der Waals surface area contributed by atoms with Gasteiger partial charge in [-0.05, 0) is 6.08 Å². The number of carboxylic acids is 1. The molecule has 1 N–H and O–H groups in total. The average molecular weight is 237 g/mol. The van der Waals surface area contributed by atoms with Crippen LogP contribution in [-0.4, -0.2) is 30.0 Å². The predicted octanol–water partition coefficient (Wildman–Crippen LogP) is 0.793. The number of carboxylic acid groups (broad SMARTS) is 1. The van der Waals surface area contributed by atoms with Gasteiger partial charge in [0.1, 0.15) is 5.92 Å². The zero-order chi connectivity index (χ0) is 11.0. The average Bonchev–Trinajstić information content (AvgIpc) is 2.02. The van der Waals surface area contributed by atoms with Crippen molar-refractivity contribution in [3.63, 3.8) is 0 Å². The molecule has 0 aliphatic heterocycles. The highest BCUT2D eigenvalue weighted by atomic mass is 35.5. The minimum atomic E-state index is -3.67. The first-order valence-electron chi connectivity index (χ1n) is 3.76. The Labute approximate surface area is 86.8 Å². The van der Waals surface area contributed by atoms with Crippen LogP contribution in [0.5, 0.6) is 0 Å². The molecule has 0 aromatic rings. The molecule has 1 aliphatic rings. The molecule has 4 nitrogen and oxygen atoms in total. The molecule has 2 unspecified atom stereocenters. The predicted molar refractivity (Wildman–Crippen MR) is 52.8 cm³/mol. The van der Waals surface area contributed by atoms with Crippen LogP contribution in [0.2, 0.25) is 0 Å². The zero-order valence-electron chi connectivity index (χ0n) is 7.34. The van der Waals surface area contributed by atoms with Gasteiger partial charge in [0.05, 0.1) is 0 Å². The molecule has 0 saturated carbocycles. The van der Waals surface area contributed by atoms with Gasteiger partial charge in [0, 0.05) is 6.26 Å². The summed E-state index contributed by atoms with van der Waals surface area (Å²) in [6, 6.07) is 0. The number of rotatable bonds is 2. The highest BCUT2D eigenvalue weighted by molar-refractivity contribution is 7.93. The third-order valence-corrected chi connectivity index (χ3v) is 4.73. The lowest BCUT2D eigenvalue weighted by molar-refractivity contribution is -0.140. The molecule has 14 heavy (non-hydrogen) atoms. The lowest BCUT2D eigenvalue weighted by atomic mass is 10.00. The molecular weight excluding hydrogens is 228 g/mol. The van der Waals surface area contributed by atoms with Gasteiger partial charge >= 0.3 is 5.97 Å². The zero-order valence-corrected chi connectivity index (χ0v) is 8.92. The minimum Gasteiger partial charge on any atom is -0.481 e. The van der Waals surface area contributed by atoms with E-state index in [-0.39, 0.29) is 0 Å². The minimum absolute atomic E-state index is 0.916. The van der Waals surface area contributed by atoms with E-state index in [9.17, 15) is 13.2 Å². The molecule has 0 radical (unpaired) electrons. The van der Waals surface area contributed by atoms with Crippen molar-refractivity contribution >= 4 is 27.4 Å². The molecule has 0 spiro atoms. The second kappa shape index (κ2) is 3.40. The van der Waals surface area contributed by atoms with Gasteiger partial charge in [0.25, 0.3) is 0 Å². The van der Waals surface area contributed by atoms with Crippen LogP contribution in [0.25, 0.3) is 0 Å². The topological polar surface area (TPSA) is 71.4 Å². The van der Waals surface area contributed by atoms with Crippen LogP contribution in [0, 0.1) is 5.92 Å². The van der Waals surface area contributed by atoms with Gasteiger partial charge in [-0.2, -0.15) is 0 Å². The summed E-state index contributed by atoms with van der Waals surface area (Å²) in [6.45, 7) is 0. The summed E-state index contributed by atoms with van der Waals surface area (Å²) in [5.74, 6) is -2.50. The molecule has 2 atom stereocenters. The number of aliphatic carboxylic acids is 1. The first-order chi connectivity index (χ1) is 6.29. The van der Waals surface area contributed by atoms with Gasteiger partial charge in [0.2, 0.25) is 0 Å². The van der Waals surface area contributed by atoms with Crippen molar-refractivity contribution < 1.29 is 18.3 Å². The summed E-state index contributed by atoms with van der Waals surface area (Å²) in [5, 5.41) is 8.80. The van der Waals surface area contributed by atoms with Crippen LogP contribution in [0.15, 0.2) is 24.3 Å². The fourth-order valence-corrected chi connectivity index (χ4v) is 2.41. The molecule has 0 aromatic carbocycles. The molecule has 0 heterocycles. The maximum Gasteiger partial charge on any atom is 0.313 e. The van der Waals surface area contributed by atoms with Crippen molar-refractivity contribution in [2.75, 3.05) is 6.26 Å². The van der Waals surface area contributed by atoms with E-state index in [4.69, 9.17) is 16.7 Å². The summed E-state index contributed by atoms with van der Waals surface area (Å²) < 4.78 is 20.8. The molecule has 0 saturated heterocycles. The van der Waals surface area contributed by atoms with Gasteiger partial charge in [0.15, 0.2) is 14.0 Å². The fourth-order valence-electron chi connectivity index (χ4n) is 1.20. The van der Waals surface area contributed by atoms with Crippen molar-refractivity contribution in [2.24, 2.45) is 5.92 Å². The van der Waals surface area contributed by atoms with Gasteiger partial charge < -0.3 is 5.11 Å². The van der Waals surface area contributed by atoms with Gasteiger partial charge in [-0.15, -0.1) is 0 Å². The van der Waals surface area contributed by atoms with Gasteiger partial charge in [-0.1, -0.05) is 29.8 Å². The van der Waals surface area contributed by atoms with E-state index in [1.54, 1.807) is 0 Å². The third-order valence-electron chi connectivity index (χ3n) is 2.00. The Morgan fingerprint density at radius 1 is 1.50 bits per heavy atom. The molecule has 1 rings (SSSR count). The van der Waals surface area contributed by atoms with E-state index >= 15 is 0 Å². The van der Waals surface area contributed by atoms with E-state index in [2.05, 4.69) is 0 Å². The number of alkyl halides is 1. The van der Waals surface area contributed by atoms with Crippen molar-refractivity contribution in [2.45, 2.75) is 4.21 Å². The Bertz CT molecular complexity index is 409. The van der Waals surface area contributed by atoms with Gasteiger partial charge in [-0.3, -0.25) is 4.79 Å². The second-order valence-electron chi connectivity index (χ2n) is 3.03. The Morgan fingerprint density at radius 3 is 2.43 bits per heavy atom. The number of carbonyl (C=O) groups is 1. The molecule has 0 bridgehead atoms. The van der Waals surface area contributed by atoms with Crippen LogP contribution in [0.3, 0.4) is 0 Å². The molecule has 78 valence electrons. The maximum absolute atomic E-state index is 11.3. The van der Waals surface area contributed by atoms with Crippen LogP contribution in [-0.2, 0) is 14.6 Å². The Kier molecular flexibility index (Phi) is 2.74. The molecule has 6 heteroatoms. The summed E-state index contributed by atoms with van der Waals surface area (Å²) in [7, 11) is -3.67. The summed E-state index contributed by atoms with van der Waals surface area (Å²) in [4.78, 5) is 10.8. The van der Waals surface area contributed by atoms with Crippen molar-refractivity contribution in [3.05, 3.63) is 24.3 Å². The second-order valence-corrected chi connectivity index (χ2v) is 6.10. The van der Waals surface area contributed by atoms with E-state index in [1.807, 2.05) is 0 Å². The molecule has 0 aromatic heterocycles. The van der Waals surface area contributed by atoms with Crippen LogP contribution in [0.4, 0.5) is 0 Å². The Morgan fingerprint density at radius 2 is 2.07 bits per heavy atom. The molecule has 0 fully saturated rings. The highest BCUT2D eigenvalue weighted by Crippen LogP contribution is 2.36. The van der Waals surface area contributed by atoms with Crippen molar-refractivity contribution in [1.82, 2.24) is 0 Å². The lowest BCUT2D eigenvalue weighted by Crippen LogP contribution is -2.42. The summed E-state index contributed by atoms with van der Waals surface area (Å²) in [5.41, 5.74) is 0. The number of allylic oxidation sites excluding steroid dienone is 2. The standard InChI is InChI=1S/C8H9ClO4S/c1-14(12,13)8(9)5-3-2-4-6(8)7(10)11/h2-6H,1H3,(H,10,11). The Hall–Kier alpha value is -0.810. The molecular formula is C8H9ClO4S. The lowest BCUT2D eigenvalue weighted by Gasteiger charge is -2.27. The summed E-state index contributed by atoms with van der Waals surface area (Å²) in [6.07, 6.45) is 6.25. The van der Waals surface area contributed by atoms with Crippen molar-refractivity contribution in [1.29, 1.82) is 0 Å². The fraction of sp³-hybridized carbons (Fsp3) is 0.375. The first kappa shape index (κ1) is 11.3. The number of hydrogen-bond acceptors (Lipinski definition) is 3. The third kappa shape index (κ3) is 1.69. The summed E-state index contributed by atoms with van der Waals surface area (Å²) >= 11 is 5.81. The number of sulfone groups is 1. The van der Waals surface area contributed by atoms with Crippen LogP contribution >= 0.6 is 11.6 Å².